The van der Waals surface area contributed by atoms with E-state index in [0.717, 1.165) is 6.07 Å². The first-order chi connectivity index (χ1) is 10.8. The monoisotopic (exact) mass is 322 g/mol. The highest BCUT2D eigenvalue weighted by molar-refractivity contribution is 5.42. The number of ether oxygens (including phenoxy) is 2. The molecule has 120 valence electrons. The molecule has 0 spiro atoms. The van der Waals surface area contributed by atoms with Crippen LogP contribution in [0.25, 0.3) is 0 Å². The van der Waals surface area contributed by atoms with Gasteiger partial charge in [0.25, 0.3) is 6.26 Å². The summed E-state index contributed by atoms with van der Waals surface area (Å²) in [6.45, 7) is 3.08. The first kappa shape index (κ1) is 16.6. The molecule has 0 atom stereocenters. The fraction of sp³-hybridized carbons (Fsp3) is 0.250. The standard InChI is InChI=1S/C16H13F3N2O2/c1-10-6-7-11(2)21-15(10)22-8-12-13(16(17,18)19)4-3-5-14(12)23-9-20/h3-7H,8H2,1-2H3. The van der Waals surface area contributed by atoms with Gasteiger partial charge in [-0.2, -0.15) is 13.2 Å². The van der Waals surface area contributed by atoms with Crippen LogP contribution in [-0.2, 0) is 12.8 Å². The molecule has 1 heterocycles. The quantitative estimate of drug-likeness (QED) is 0.793. The van der Waals surface area contributed by atoms with Crippen LogP contribution in [0.15, 0.2) is 30.3 Å². The molecule has 2 rings (SSSR count). The summed E-state index contributed by atoms with van der Waals surface area (Å²) in [6.07, 6.45) is -3.20. The third-order valence-electron chi connectivity index (χ3n) is 3.14. The summed E-state index contributed by atoms with van der Waals surface area (Å²) in [5.41, 5.74) is 0.228. The second kappa shape index (κ2) is 6.57. The Kier molecular flexibility index (Phi) is 4.74. The van der Waals surface area contributed by atoms with E-state index < -0.39 is 18.3 Å². The number of nitrogens with zero attached hydrogens (tertiary/aromatic N) is 2. The predicted molar refractivity (Wildman–Crippen MR) is 75.7 cm³/mol. The van der Waals surface area contributed by atoms with Crippen LogP contribution in [0.4, 0.5) is 13.2 Å². The van der Waals surface area contributed by atoms with Crippen LogP contribution in [0, 0.1) is 25.4 Å². The summed E-state index contributed by atoms with van der Waals surface area (Å²) >= 11 is 0. The topological polar surface area (TPSA) is 55.1 Å². The number of pyridine rings is 1. The number of alkyl halides is 3. The van der Waals surface area contributed by atoms with Crippen molar-refractivity contribution in [1.82, 2.24) is 4.98 Å². The number of benzene rings is 1. The number of nitriles is 1. The van der Waals surface area contributed by atoms with E-state index >= 15 is 0 Å². The molecule has 1 aromatic carbocycles. The van der Waals surface area contributed by atoms with Gasteiger partial charge in [-0.15, -0.1) is 5.26 Å². The fourth-order valence-electron chi connectivity index (χ4n) is 2.01. The van der Waals surface area contributed by atoms with Gasteiger partial charge in [-0.1, -0.05) is 12.1 Å². The van der Waals surface area contributed by atoms with Crippen molar-refractivity contribution in [3.8, 4) is 17.9 Å². The van der Waals surface area contributed by atoms with Crippen LogP contribution < -0.4 is 9.47 Å². The lowest BCUT2D eigenvalue weighted by molar-refractivity contribution is -0.138. The number of hydrogen-bond acceptors (Lipinski definition) is 4. The van der Waals surface area contributed by atoms with Gasteiger partial charge in [0, 0.05) is 16.8 Å². The minimum atomic E-state index is -4.58. The third-order valence-corrected chi connectivity index (χ3v) is 3.14. The SMILES string of the molecule is Cc1ccc(C)c(OCc2c(OC#N)cccc2C(F)(F)F)n1. The summed E-state index contributed by atoms with van der Waals surface area (Å²) in [5, 5.41) is 8.60. The van der Waals surface area contributed by atoms with E-state index in [1.165, 1.54) is 18.4 Å². The largest absolute Gasteiger partial charge is 0.472 e. The van der Waals surface area contributed by atoms with Crippen molar-refractivity contribution in [2.45, 2.75) is 26.6 Å². The molecule has 0 bridgehead atoms. The molecule has 2 aromatic rings. The lowest BCUT2D eigenvalue weighted by atomic mass is 10.1. The van der Waals surface area contributed by atoms with E-state index in [1.807, 2.05) is 0 Å². The average molecular weight is 322 g/mol. The molecule has 0 unspecified atom stereocenters. The average Bonchev–Trinajstić information content (AvgIpc) is 2.48. The Labute approximate surface area is 131 Å². The van der Waals surface area contributed by atoms with Gasteiger partial charge >= 0.3 is 6.18 Å². The molecule has 0 saturated heterocycles. The van der Waals surface area contributed by atoms with Gasteiger partial charge < -0.3 is 9.47 Å². The van der Waals surface area contributed by atoms with Crippen LogP contribution in [0.1, 0.15) is 22.4 Å². The summed E-state index contributed by atoms with van der Waals surface area (Å²) in [6, 6.07) is 6.92. The zero-order chi connectivity index (χ0) is 17.0. The van der Waals surface area contributed by atoms with Gasteiger partial charge in [-0.05, 0) is 32.0 Å². The molecular formula is C16H13F3N2O2. The van der Waals surface area contributed by atoms with Crippen molar-refractivity contribution in [2.75, 3.05) is 0 Å². The molecule has 0 radical (unpaired) electrons. The minimum absolute atomic E-state index is 0.187. The summed E-state index contributed by atoms with van der Waals surface area (Å²) in [5.74, 6) is 0.0533. The smallest absolute Gasteiger partial charge is 0.416 e. The highest BCUT2D eigenvalue weighted by Crippen LogP contribution is 2.36. The molecule has 1 aromatic heterocycles. The summed E-state index contributed by atoms with van der Waals surface area (Å²) < 4.78 is 49.4. The third kappa shape index (κ3) is 3.92. The number of aromatic nitrogens is 1. The molecule has 0 amide bonds. The van der Waals surface area contributed by atoms with E-state index in [1.54, 1.807) is 26.0 Å². The second-order valence-corrected chi connectivity index (χ2v) is 4.84. The maximum absolute atomic E-state index is 13.1. The van der Waals surface area contributed by atoms with Crippen molar-refractivity contribution in [1.29, 1.82) is 5.26 Å². The van der Waals surface area contributed by atoms with Crippen molar-refractivity contribution in [3.05, 3.63) is 52.7 Å². The van der Waals surface area contributed by atoms with Gasteiger partial charge in [-0.25, -0.2) is 4.98 Å². The second-order valence-electron chi connectivity index (χ2n) is 4.84. The van der Waals surface area contributed by atoms with E-state index in [-0.39, 0.29) is 17.2 Å². The van der Waals surface area contributed by atoms with Crippen molar-refractivity contribution < 1.29 is 22.6 Å². The van der Waals surface area contributed by atoms with Gasteiger partial charge in [0.15, 0.2) is 0 Å². The maximum Gasteiger partial charge on any atom is 0.416 e. The Balaban J connectivity index is 2.38. The number of aryl methyl sites for hydroxylation is 2. The molecule has 0 aliphatic rings. The minimum Gasteiger partial charge on any atom is -0.472 e. The Morgan fingerprint density at radius 3 is 2.57 bits per heavy atom. The Bertz CT molecular complexity index is 752. The van der Waals surface area contributed by atoms with E-state index in [9.17, 15) is 13.2 Å². The molecule has 0 saturated carbocycles. The van der Waals surface area contributed by atoms with Crippen LogP contribution in [0.3, 0.4) is 0 Å². The zero-order valence-corrected chi connectivity index (χ0v) is 12.4. The van der Waals surface area contributed by atoms with Gasteiger partial charge in [0.2, 0.25) is 5.88 Å². The Morgan fingerprint density at radius 2 is 1.91 bits per heavy atom. The van der Waals surface area contributed by atoms with Gasteiger partial charge in [0.05, 0.1) is 5.56 Å². The van der Waals surface area contributed by atoms with Crippen LogP contribution >= 0.6 is 0 Å². The molecule has 4 nitrogen and oxygen atoms in total. The van der Waals surface area contributed by atoms with Crippen molar-refractivity contribution in [2.24, 2.45) is 0 Å². The van der Waals surface area contributed by atoms with Crippen molar-refractivity contribution in [3.63, 3.8) is 0 Å². The van der Waals surface area contributed by atoms with Gasteiger partial charge in [-0.3, -0.25) is 0 Å². The molecule has 0 fully saturated rings. The Morgan fingerprint density at radius 1 is 1.17 bits per heavy atom. The van der Waals surface area contributed by atoms with Crippen LogP contribution in [-0.4, -0.2) is 4.98 Å². The van der Waals surface area contributed by atoms with E-state index in [0.29, 0.717) is 11.3 Å². The number of halogens is 3. The zero-order valence-electron chi connectivity index (χ0n) is 12.4. The molecule has 23 heavy (non-hydrogen) atoms. The summed E-state index contributed by atoms with van der Waals surface area (Å²) in [7, 11) is 0. The van der Waals surface area contributed by atoms with E-state index in [2.05, 4.69) is 9.72 Å². The van der Waals surface area contributed by atoms with Crippen LogP contribution in [0.2, 0.25) is 0 Å². The Hall–Kier alpha value is -2.75. The predicted octanol–water partition coefficient (Wildman–Crippen LogP) is 4.16. The molecule has 0 N–H and O–H groups in total. The van der Waals surface area contributed by atoms with E-state index in [4.69, 9.17) is 10.00 Å². The first-order valence-corrected chi connectivity index (χ1v) is 6.65. The molecule has 0 aliphatic carbocycles. The molecule has 7 heteroatoms. The molecule has 0 aliphatic heterocycles. The van der Waals surface area contributed by atoms with Gasteiger partial charge in [0.1, 0.15) is 12.4 Å². The van der Waals surface area contributed by atoms with Crippen LogP contribution in [0.5, 0.6) is 11.6 Å². The first-order valence-electron chi connectivity index (χ1n) is 6.65. The summed E-state index contributed by atoms with van der Waals surface area (Å²) in [4.78, 5) is 4.15. The lowest BCUT2D eigenvalue weighted by Crippen LogP contribution is -2.12. The normalized spacial score (nSPS) is 11.0. The number of rotatable bonds is 4. The van der Waals surface area contributed by atoms with Crippen molar-refractivity contribution >= 4 is 0 Å². The number of hydrogen-bond donors (Lipinski definition) is 0. The lowest BCUT2D eigenvalue weighted by Gasteiger charge is -2.16. The molecular weight excluding hydrogens is 309 g/mol. The highest BCUT2D eigenvalue weighted by atomic mass is 19.4. The highest BCUT2D eigenvalue weighted by Gasteiger charge is 2.35. The maximum atomic E-state index is 13.1. The fourth-order valence-corrected chi connectivity index (χ4v) is 2.01.